The van der Waals surface area contributed by atoms with Crippen molar-refractivity contribution in [1.29, 1.82) is 0 Å². The highest BCUT2D eigenvalue weighted by molar-refractivity contribution is 7.86. The molecular weight excluding hydrogens is 242 g/mol. The van der Waals surface area contributed by atoms with E-state index in [1.54, 1.807) is 0 Å². The van der Waals surface area contributed by atoms with E-state index < -0.39 is 10.8 Å². The molecule has 3 heteroatoms. The van der Waals surface area contributed by atoms with Gasteiger partial charge in [-0.25, -0.2) is 0 Å². The molecule has 1 N–H and O–H groups in total. The molecule has 0 heterocycles. The molecule has 0 unspecified atom stereocenters. The lowest BCUT2D eigenvalue weighted by atomic mass is 10.1. The van der Waals surface area contributed by atoms with Crippen molar-refractivity contribution in [2.45, 2.75) is 45.4 Å². The second-order valence-corrected chi connectivity index (χ2v) is 8.08. The Balaban J connectivity index is 2.43. The zero-order valence-electron chi connectivity index (χ0n) is 12.1. The van der Waals surface area contributed by atoms with E-state index in [4.69, 9.17) is 0 Å². The standard InChI is InChI=1S/C15H25NOS/c1-12-7-6-8-14(11-12)13(2)16-9-10-18(17)15(3,4)5/h6-8,11,13,16H,9-10H2,1-5H3/t13-,18-/m1/s1. The van der Waals surface area contributed by atoms with Gasteiger partial charge in [0, 0.05) is 33.9 Å². The third-order valence-electron chi connectivity index (χ3n) is 2.96. The Labute approximate surface area is 114 Å². The van der Waals surface area contributed by atoms with E-state index in [2.05, 4.69) is 43.4 Å². The molecule has 0 aliphatic heterocycles. The fourth-order valence-corrected chi connectivity index (χ4v) is 2.65. The minimum absolute atomic E-state index is 0.117. The molecule has 0 aliphatic carbocycles. The van der Waals surface area contributed by atoms with Crippen LogP contribution in [0, 0.1) is 6.92 Å². The minimum Gasteiger partial charge on any atom is -0.309 e. The Morgan fingerprint density at radius 1 is 1.33 bits per heavy atom. The minimum atomic E-state index is -0.777. The van der Waals surface area contributed by atoms with Crippen molar-refractivity contribution in [2.24, 2.45) is 0 Å². The summed E-state index contributed by atoms with van der Waals surface area (Å²) in [6.45, 7) is 11.1. The van der Waals surface area contributed by atoms with Gasteiger partial charge in [0.25, 0.3) is 0 Å². The molecule has 18 heavy (non-hydrogen) atoms. The topological polar surface area (TPSA) is 29.1 Å². The number of aryl methyl sites for hydroxylation is 1. The van der Waals surface area contributed by atoms with Crippen LogP contribution in [0.4, 0.5) is 0 Å². The van der Waals surface area contributed by atoms with Gasteiger partial charge in [-0.05, 0) is 40.2 Å². The van der Waals surface area contributed by atoms with Gasteiger partial charge in [-0.3, -0.25) is 4.21 Å². The maximum Gasteiger partial charge on any atom is 0.0375 e. The van der Waals surface area contributed by atoms with Crippen LogP contribution in [0.2, 0.25) is 0 Å². The lowest BCUT2D eigenvalue weighted by Gasteiger charge is -2.19. The van der Waals surface area contributed by atoms with Crippen LogP contribution < -0.4 is 5.32 Å². The van der Waals surface area contributed by atoms with Gasteiger partial charge in [0.05, 0.1) is 0 Å². The average Bonchev–Trinajstić information content (AvgIpc) is 2.27. The molecule has 1 rings (SSSR count). The first-order valence-corrected chi connectivity index (χ1v) is 7.81. The van der Waals surface area contributed by atoms with Crippen molar-refractivity contribution < 1.29 is 4.21 Å². The van der Waals surface area contributed by atoms with Crippen molar-refractivity contribution in [3.63, 3.8) is 0 Å². The van der Waals surface area contributed by atoms with E-state index in [0.717, 1.165) is 6.54 Å². The predicted octanol–water partition coefficient (Wildman–Crippen LogP) is 3.19. The molecule has 0 radical (unpaired) electrons. The second-order valence-electron chi connectivity index (χ2n) is 5.75. The van der Waals surface area contributed by atoms with E-state index in [-0.39, 0.29) is 4.75 Å². The Hall–Kier alpha value is -0.670. The molecule has 0 amide bonds. The van der Waals surface area contributed by atoms with Crippen molar-refractivity contribution in [3.8, 4) is 0 Å². The number of benzene rings is 1. The lowest BCUT2D eigenvalue weighted by Crippen LogP contribution is -2.30. The number of rotatable bonds is 5. The molecule has 102 valence electrons. The summed E-state index contributed by atoms with van der Waals surface area (Å²) in [5.74, 6) is 0.708. The largest absolute Gasteiger partial charge is 0.309 e. The predicted molar refractivity (Wildman–Crippen MR) is 80.4 cm³/mol. The Morgan fingerprint density at radius 2 is 2.00 bits per heavy atom. The normalized spacial score (nSPS) is 15.4. The molecule has 0 aliphatic rings. The summed E-state index contributed by atoms with van der Waals surface area (Å²) in [5, 5.41) is 3.44. The molecule has 0 spiro atoms. The van der Waals surface area contributed by atoms with E-state index >= 15 is 0 Å². The molecule has 2 atom stereocenters. The van der Waals surface area contributed by atoms with Crippen molar-refractivity contribution in [1.82, 2.24) is 5.32 Å². The van der Waals surface area contributed by atoms with Crippen molar-refractivity contribution >= 4 is 10.8 Å². The highest BCUT2D eigenvalue weighted by atomic mass is 32.2. The summed E-state index contributed by atoms with van der Waals surface area (Å²) >= 11 is 0. The highest BCUT2D eigenvalue weighted by Gasteiger charge is 2.18. The zero-order chi connectivity index (χ0) is 13.8. The lowest BCUT2D eigenvalue weighted by molar-refractivity contribution is 0.591. The summed E-state index contributed by atoms with van der Waals surface area (Å²) in [6.07, 6.45) is 0. The third-order valence-corrected chi connectivity index (χ3v) is 4.90. The van der Waals surface area contributed by atoms with Gasteiger partial charge in [0.15, 0.2) is 0 Å². The van der Waals surface area contributed by atoms with Crippen LogP contribution in [0.25, 0.3) is 0 Å². The average molecular weight is 267 g/mol. The van der Waals surface area contributed by atoms with Gasteiger partial charge in [0.2, 0.25) is 0 Å². The molecule has 1 aromatic rings. The number of nitrogens with one attached hydrogen (secondary N) is 1. The van der Waals surface area contributed by atoms with E-state index in [0.29, 0.717) is 11.8 Å². The van der Waals surface area contributed by atoms with Gasteiger partial charge in [-0.1, -0.05) is 29.8 Å². The molecule has 0 saturated heterocycles. The summed E-state index contributed by atoms with van der Waals surface area (Å²) in [6, 6.07) is 8.81. The van der Waals surface area contributed by atoms with Gasteiger partial charge in [0.1, 0.15) is 0 Å². The molecule has 0 fully saturated rings. The third kappa shape index (κ3) is 4.91. The maximum atomic E-state index is 11.9. The van der Waals surface area contributed by atoms with E-state index in [1.807, 2.05) is 20.8 Å². The van der Waals surface area contributed by atoms with Crippen LogP contribution in [-0.2, 0) is 10.8 Å². The molecule has 0 bridgehead atoms. The molecule has 0 saturated carbocycles. The first-order chi connectivity index (χ1) is 8.30. The zero-order valence-corrected chi connectivity index (χ0v) is 12.9. The van der Waals surface area contributed by atoms with Gasteiger partial charge in [-0.2, -0.15) is 0 Å². The molecular formula is C15H25NOS. The molecule has 2 nitrogen and oxygen atoms in total. The summed E-state index contributed by atoms with van der Waals surface area (Å²) in [4.78, 5) is 0. The monoisotopic (exact) mass is 267 g/mol. The van der Waals surface area contributed by atoms with Gasteiger partial charge in [-0.15, -0.1) is 0 Å². The van der Waals surface area contributed by atoms with Crippen LogP contribution in [0.3, 0.4) is 0 Å². The van der Waals surface area contributed by atoms with Crippen LogP contribution >= 0.6 is 0 Å². The molecule has 1 aromatic carbocycles. The quantitative estimate of drug-likeness (QED) is 0.887. The van der Waals surface area contributed by atoms with E-state index in [1.165, 1.54) is 11.1 Å². The molecule has 0 aromatic heterocycles. The first-order valence-electron chi connectivity index (χ1n) is 6.49. The summed E-state index contributed by atoms with van der Waals surface area (Å²) in [7, 11) is -0.777. The fourth-order valence-electron chi connectivity index (χ4n) is 1.73. The van der Waals surface area contributed by atoms with Gasteiger partial charge < -0.3 is 5.32 Å². The Bertz CT molecular complexity index is 409. The SMILES string of the molecule is Cc1cccc([C@@H](C)NCC[S@@](=O)C(C)(C)C)c1. The van der Waals surface area contributed by atoms with Crippen molar-refractivity contribution in [3.05, 3.63) is 35.4 Å². The highest BCUT2D eigenvalue weighted by Crippen LogP contribution is 2.14. The number of hydrogen-bond donors (Lipinski definition) is 1. The first kappa shape index (κ1) is 15.4. The maximum absolute atomic E-state index is 11.9. The van der Waals surface area contributed by atoms with Crippen LogP contribution in [0.15, 0.2) is 24.3 Å². The van der Waals surface area contributed by atoms with Crippen LogP contribution in [0.1, 0.15) is 44.9 Å². The van der Waals surface area contributed by atoms with Crippen LogP contribution in [0.5, 0.6) is 0 Å². The Morgan fingerprint density at radius 3 is 2.56 bits per heavy atom. The summed E-state index contributed by atoms with van der Waals surface area (Å²) in [5.41, 5.74) is 2.57. The number of hydrogen-bond acceptors (Lipinski definition) is 2. The fraction of sp³-hybridized carbons (Fsp3) is 0.600. The van der Waals surface area contributed by atoms with Crippen molar-refractivity contribution in [2.75, 3.05) is 12.3 Å². The second kappa shape index (κ2) is 6.48. The van der Waals surface area contributed by atoms with Crippen LogP contribution in [-0.4, -0.2) is 21.3 Å². The van der Waals surface area contributed by atoms with E-state index in [9.17, 15) is 4.21 Å². The van der Waals surface area contributed by atoms with Gasteiger partial charge >= 0.3 is 0 Å². The summed E-state index contributed by atoms with van der Waals surface area (Å²) < 4.78 is 11.8. The Kier molecular flexibility index (Phi) is 5.54. The smallest absolute Gasteiger partial charge is 0.0375 e.